The molecule has 0 spiro atoms. The number of benzene rings is 3. The molecule has 7 nitrogen and oxygen atoms in total. The van der Waals surface area contributed by atoms with Crippen LogP contribution in [0.2, 0.25) is 5.02 Å². The van der Waals surface area contributed by atoms with E-state index in [0.29, 0.717) is 17.1 Å². The number of thioether (sulfide) groups is 1. The molecule has 166 valence electrons. The average molecular weight is 479 g/mol. The Morgan fingerprint density at radius 1 is 1.06 bits per heavy atom. The van der Waals surface area contributed by atoms with Crippen LogP contribution in [0.3, 0.4) is 0 Å². The van der Waals surface area contributed by atoms with Crippen LogP contribution in [-0.4, -0.2) is 38.5 Å². The van der Waals surface area contributed by atoms with Crippen LogP contribution in [-0.2, 0) is 11.3 Å². The fraction of sp³-hybridized carbons (Fsp3) is 0.0833. The molecule has 4 aromatic rings. The third-order valence-electron chi connectivity index (χ3n) is 4.77. The smallest absolute Gasteiger partial charge is 0.335 e. The number of carbonyl (C=O) groups is 2. The molecule has 0 aliphatic carbocycles. The van der Waals surface area contributed by atoms with Gasteiger partial charge in [-0.3, -0.25) is 4.79 Å². The number of amides is 1. The van der Waals surface area contributed by atoms with E-state index in [9.17, 15) is 9.59 Å². The maximum absolute atomic E-state index is 12.3. The minimum absolute atomic E-state index is 0.138. The van der Waals surface area contributed by atoms with Gasteiger partial charge in [0.2, 0.25) is 0 Å². The zero-order valence-corrected chi connectivity index (χ0v) is 18.9. The summed E-state index contributed by atoms with van der Waals surface area (Å²) in [5, 5.41) is 14.3. The number of nitrogens with zero attached hydrogens (tertiary/aromatic N) is 3. The lowest BCUT2D eigenvalue weighted by Gasteiger charge is -2.09. The maximum Gasteiger partial charge on any atom is 0.335 e. The maximum atomic E-state index is 12.3. The third kappa shape index (κ3) is 5.79. The first-order chi connectivity index (χ1) is 16.0. The standard InChI is InChI=1S/C24H19ClN4O3S/c25-19-11-7-17(8-12-19)14-29-21-4-2-1-3-20(21)27-24(29)33-15-22(30)28-26-13-16-5-9-18(10-6-16)23(31)32/h1-13H,14-15H2,(H,28,30)(H,31,32). The number of imidazole rings is 1. The second-order valence-electron chi connectivity index (χ2n) is 7.10. The summed E-state index contributed by atoms with van der Waals surface area (Å²) in [6.45, 7) is 0.603. The molecule has 0 bridgehead atoms. The summed E-state index contributed by atoms with van der Waals surface area (Å²) in [6.07, 6.45) is 1.46. The average Bonchev–Trinajstić information content (AvgIpc) is 3.17. The Morgan fingerprint density at radius 3 is 2.52 bits per heavy atom. The fourth-order valence-corrected chi connectivity index (χ4v) is 4.07. The summed E-state index contributed by atoms with van der Waals surface area (Å²) < 4.78 is 2.07. The number of hydrogen-bond donors (Lipinski definition) is 2. The van der Waals surface area contributed by atoms with Crippen LogP contribution in [0.4, 0.5) is 0 Å². The normalized spacial score (nSPS) is 11.2. The van der Waals surface area contributed by atoms with E-state index in [2.05, 4.69) is 20.1 Å². The Labute approximate surface area is 199 Å². The van der Waals surface area contributed by atoms with Gasteiger partial charge in [-0.2, -0.15) is 5.10 Å². The molecule has 1 amide bonds. The van der Waals surface area contributed by atoms with Crippen LogP contribution in [0, 0.1) is 0 Å². The molecule has 0 fully saturated rings. The van der Waals surface area contributed by atoms with Crippen molar-refractivity contribution in [2.45, 2.75) is 11.7 Å². The second kappa shape index (κ2) is 10.3. The molecule has 9 heteroatoms. The van der Waals surface area contributed by atoms with Crippen LogP contribution >= 0.6 is 23.4 Å². The number of carboxylic acid groups (broad SMARTS) is 1. The van der Waals surface area contributed by atoms with E-state index in [0.717, 1.165) is 21.8 Å². The van der Waals surface area contributed by atoms with Crippen LogP contribution in [0.5, 0.6) is 0 Å². The van der Waals surface area contributed by atoms with Gasteiger partial charge in [0.05, 0.1) is 35.1 Å². The van der Waals surface area contributed by atoms with E-state index in [4.69, 9.17) is 16.7 Å². The van der Waals surface area contributed by atoms with Gasteiger partial charge in [-0.05, 0) is 47.5 Å². The summed E-state index contributed by atoms with van der Waals surface area (Å²) in [7, 11) is 0. The molecule has 2 N–H and O–H groups in total. The lowest BCUT2D eigenvalue weighted by Crippen LogP contribution is -2.20. The van der Waals surface area contributed by atoms with Crippen molar-refractivity contribution in [3.63, 3.8) is 0 Å². The van der Waals surface area contributed by atoms with Crippen LogP contribution in [0.1, 0.15) is 21.5 Å². The number of fused-ring (bicyclic) bond motifs is 1. The van der Waals surface area contributed by atoms with Crippen LogP contribution in [0.15, 0.2) is 83.1 Å². The van der Waals surface area contributed by atoms with Crippen molar-refractivity contribution < 1.29 is 14.7 Å². The molecule has 1 aromatic heterocycles. The van der Waals surface area contributed by atoms with Crippen molar-refractivity contribution in [2.75, 3.05) is 5.75 Å². The van der Waals surface area contributed by atoms with E-state index in [1.54, 1.807) is 12.1 Å². The van der Waals surface area contributed by atoms with Crippen molar-refractivity contribution in [2.24, 2.45) is 5.10 Å². The number of carboxylic acids is 1. The first-order valence-electron chi connectivity index (χ1n) is 9.97. The first kappa shape index (κ1) is 22.6. The minimum atomic E-state index is -0.995. The second-order valence-corrected chi connectivity index (χ2v) is 8.48. The zero-order valence-electron chi connectivity index (χ0n) is 17.3. The number of para-hydroxylation sites is 2. The highest BCUT2D eigenvalue weighted by molar-refractivity contribution is 7.99. The lowest BCUT2D eigenvalue weighted by atomic mass is 10.1. The summed E-state index contributed by atoms with van der Waals surface area (Å²) in [5.41, 5.74) is 6.28. The molecule has 0 saturated carbocycles. The predicted molar refractivity (Wildman–Crippen MR) is 130 cm³/mol. The van der Waals surface area contributed by atoms with E-state index in [1.807, 2.05) is 48.5 Å². The van der Waals surface area contributed by atoms with Gasteiger partial charge in [-0.15, -0.1) is 0 Å². The number of nitrogens with one attached hydrogen (secondary N) is 1. The fourth-order valence-electron chi connectivity index (χ4n) is 3.14. The summed E-state index contributed by atoms with van der Waals surface area (Å²) in [6, 6.07) is 21.7. The van der Waals surface area contributed by atoms with E-state index in [1.165, 1.54) is 30.1 Å². The molecule has 0 aliphatic rings. The predicted octanol–water partition coefficient (Wildman–Crippen LogP) is 4.68. The van der Waals surface area contributed by atoms with Gasteiger partial charge in [0.15, 0.2) is 5.16 Å². The van der Waals surface area contributed by atoms with E-state index < -0.39 is 5.97 Å². The van der Waals surface area contributed by atoms with Gasteiger partial charge in [0.1, 0.15) is 0 Å². The summed E-state index contributed by atoms with van der Waals surface area (Å²) in [4.78, 5) is 27.9. The van der Waals surface area contributed by atoms with Crippen LogP contribution in [0.25, 0.3) is 11.0 Å². The highest BCUT2D eigenvalue weighted by Crippen LogP contribution is 2.25. The Kier molecular flexibility index (Phi) is 7.07. The topological polar surface area (TPSA) is 96.6 Å². The molecule has 0 aliphatic heterocycles. The minimum Gasteiger partial charge on any atom is -0.478 e. The van der Waals surface area contributed by atoms with Gasteiger partial charge in [-0.1, -0.05) is 59.8 Å². The molecule has 4 rings (SSSR count). The summed E-state index contributed by atoms with van der Waals surface area (Å²) in [5.74, 6) is -1.13. The Morgan fingerprint density at radius 2 is 1.79 bits per heavy atom. The number of aromatic nitrogens is 2. The highest BCUT2D eigenvalue weighted by atomic mass is 35.5. The van der Waals surface area contributed by atoms with Crippen molar-refractivity contribution in [3.8, 4) is 0 Å². The van der Waals surface area contributed by atoms with Gasteiger partial charge in [0, 0.05) is 5.02 Å². The Hall–Kier alpha value is -3.62. The first-order valence-corrected chi connectivity index (χ1v) is 11.3. The molecule has 0 unspecified atom stereocenters. The Balaban J connectivity index is 1.41. The number of halogens is 1. The molecular formula is C24H19ClN4O3S. The van der Waals surface area contributed by atoms with Gasteiger partial charge in [-0.25, -0.2) is 15.2 Å². The zero-order chi connectivity index (χ0) is 23.2. The molecule has 0 atom stereocenters. The van der Waals surface area contributed by atoms with E-state index in [-0.39, 0.29) is 17.2 Å². The number of hydrogen-bond acceptors (Lipinski definition) is 5. The van der Waals surface area contributed by atoms with Gasteiger partial charge in [0.25, 0.3) is 5.91 Å². The molecular weight excluding hydrogens is 460 g/mol. The monoisotopic (exact) mass is 478 g/mol. The molecule has 1 heterocycles. The Bertz CT molecular complexity index is 1320. The summed E-state index contributed by atoms with van der Waals surface area (Å²) >= 11 is 7.33. The number of hydrazone groups is 1. The molecule has 3 aromatic carbocycles. The van der Waals surface area contributed by atoms with Crippen molar-refractivity contribution >= 4 is 52.5 Å². The number of aromatic carboxylic acids is 1. The van der Waals surface area contributed by atoms with Crippen LogP contribution < -0.4 is 5.43 Å². The third-order valence-corrected chi connectivity index (χ3v) is 5.99. The molecule has 33 heavy (non-hydrogen) atoms. The van der Waals surface area contributed by atoms with E-state index >= 15 is 0 Å². The van der Waals surface area contributed by atoms with Crippen molar-refractivity contribution in [1.82, 2.24) is 15.0 Å². The molecule has 0 saturated heterocycles. The molecule has 0 radical (unpaired) electrons. The highest BCUT2D eigenvalue weighted by Gasteiger charge is 2.13. The largest absolute Gasteiger partial charge is 0.478 e. The lowest BCUT2D eigenvalue weighted by molar-refractivity contribution is -0.118. The van der Waals surface area contributed by atoms with Gasteiger partial charge < -0.3 is 9.67 Å². The number of carbonyl (C=O) groups excluding carboxylic acids is 1. The SMILES string of the molecule is O=C(CSc1nc2ccccc2n1Cc1ccc(Cl)cc1)NN=Cc1ccc(C(=O)O)cc1. The number of rotatable bonds is 8. The van der Waals surface area contributed by atoms with Gasteiger partial charge >= 0.3 is 5.97 Å². The quantitative estimate of drug-likeness (QED) is 0.218. The van der Waals surface area contributed by atoms with Crippen molar-refractivity contribution in [1.29, 1.82) is 0 Å². The van der Waals surface area contributed by atoms with Crippen molar-refractivity contribution in [3.05, 3.63) is 94.5 Å².